The van der Waals surface area contributed by atoms with E-state index < -0.39 is 0 Å². The first kappa shape index (κ1) is 37.2. The summed E-state index contributed by atoms with van der Waals surface area (Å²) in [6.45, 7) is 35.7. The molecule has 5 aromatic rings. The van der Waals surface area contributed by atoms with Crippen molar-refractivity contribution in [2.75, 3.05) is 9.80 Å². The van der Waals surface area contributed by atoms with Gasteiger partial charge in [-0.1, -0.05) is 126 Å². The number of rotatable bonds is 2. The van der Waals surface area contributed by atoms with Gasteiger partial charge in [-0.3, -0.25) is 0 Å². The maximum absolute atomic E-state index is 2.69. The minimum atomic E-state index is 0.0253. The summed E-state index contributed by atoms with van der Waals surface area (Å²) in [7, 11) is 0. The summed E-state index contributed by atoms with van der Waals surface area (Å²) in [5.41, 5.74) is 19.4. The van der Waals surface area contributed by atoms with Crippen molar-refractivity contribution in [2.24, 2.45) is 0 Å². The van der Waals surface area contributed by atoms with Crippen LogP contribution in [0.25, 0.3) is 0 Å². The van der Waals surface area contributed by atoms with Gasteiger partial charge in [0.15, 0.2) is 0 Å². The fourth-order valence-electron chi connectivity index (χ4n) is 9.40. The molecule has 8 rings (SSSR count). The minimum Gasteiger partial charge on any atom is -0.311 e. The Morgan fingerprint density at radius 1 is 0.574 bits per heavy atom. The van der Waals surface area contributed by atoms with Crippen molar-refractivity contribution < 1.29 is 0 Å². The Morgan fingerprint density at radius 2 is 1.09 bits per heavy atom. The predicted octanol–water partition coefficient (Wildman–Crippen LogP) is 12.7. The molecule has 2 nitrogen and oxygen atoms in total. The van der Waals surface area contributed by atoms with Crippen molar-refractivity contribution in [1.29, 1.82) is 0 Å². The van der Waals surface area contributed by atoms with E-state index in [-0.39, 0.29) is 33.8 Å². The molecule has 2 aliphatic heterocycles. The molecule has 0 N–H and O–H groups in total. The largest absolute Gasteiger partial charge is 0.311 e. The van der Waals surface area contributed by atoms with Crippen molar-refractivity contribution in [2.45, 2.75) is 144 Å². The number of hydrogen-bond acceptors (Lipinski definition) is 3. The molecule has 0 atom stereocenters. The van der Waals surface area contributed by atoms with Gasteiger partial charge in [0.1, 0.15) is 0 Å². The maximum Gasteiger partial charge on any atom is 0.264 e. The summed E-state index contributed by atoms with van der Waals surface area (Å²) in [5, 5.41) is 0. The van der Waals surface area contributed by atoms with Crippen molar-refractivity contribution in [1.82, 2.24) is 0 Å². The van der Waals surface area contributed by atoms with Crippen LogP contribution in [0.4, 0.5) is 34.1 Å². The van der Waals surface area contributed by atoms with Crippen LogP contribution in [0.2, 0.25) is 0 Å². The fourth-order valence-corrected chi connectivity index (χ4v) is 11.1. The summed E-state index contributed by atoms with van der Waals surface area (Å²) in [6, 6.07) is 29.1. The highest BCUT2D eigenvalue weighted by molar-refractivity contribution is 7.29. The highest BCUT2D eigenvalue weighted by atomic mass is 32.1. The second-order valence-corrected chi connectivity index (χ2v) is 22.2. The highest BCUT2D eigenvalue weighted by Crippen LogP contribution is 2.56. The van der Waals surface area contributed by atoms with Crippen LogP contribution < -0.4 is 25.5 Å². The van der Waals surface area contributed by atoms with Crippen LogP contribution in [0, 0.1) is 13.8 Å². The Bertz CT molecular complexity index is 2320. The standard InChI is InChI=1S/C50H61BN2S/c1-30-26-39-42-40(27-30)53(37-22-18-33(28-31(37)2)47(6,7)8)38-23-19-34(48(9,10)11)29-36(38)51(42)45-43(41-44(54-45)50(14,15)25-24-49(41,12)13)52(39)35-20-16-32(17-21-35)46(3,4)5/h16-23,26-29H,24-25H2,1-15H3. The molecule has 0 saturated heterocycles. The molecule has 1 aromatic heterocycles. The summed E-state index contributed by atoms with van der Waals surface area (Å²) < 4.78 is 1.51. The number of benzene rings is 4. The van der Waals surface area contributed by atoms with Gasteiger partial charge in [-0.05, 0) is 134 Å². The van der Waals surface area contributed by atoms with Gasteiger partial charge in [-0.15, -0.1) is 0 Å². The van der Waals surface area contributed by atoms with Crippen molar-refractivity contribution in [3.05, 3.63) is 111 Å². The molecule has 4 aromatic carbocycles. The number of thiophene rings is 1. The van der Waals surface area contributed by atoms with Gasteiger partial charge in [0.2, 0.25) is 0 Å². The fraction of sp³-hybridized carbons (Fsp3) is 0.440. The number of nitrogens with zero attached hydrogens (tertiary/aromatic N) is 2. The number of hydrogen-bond donors (Lipinski definition) is 0. The topological polar surface area (TPSA) is 6.48 Å². The van der Waals surface area contributed by atoms with E-state index in [4.69, 9.17) is 0 Å². The van der Waals surface area contributed by atoms with Crippen LogP contribution in [-0.2, 0) is 27.1 Å². The first-order chi connectivity index (χ1) is 25.0. The van der Waals surface area contributed by atoms with Crippen LogP contribution in [-0.4, -0.2) is 6.71 Å². The lowest BCUT2D eigenvalue weighted by atomic mass is 9.35. The number of fused-ring (bicyclic) bond motifs is 6. The van der Waals surface area contributed by atoms with Crippen LogP contribution >= 0.6 is 11.3 Å². The minimum absolute atomic E-state index is 0.0253. The van der Waals surface area contributed by atoms with E-state index in [0.29, 0.717) is 0 Å². The van der Waals surface area contributed by atoms with Crippen LogP contribution in [0.3, 0.4) is 0 Å². The average molecular weight is 733 g/mol. The zero-order valence-electron chi connectivity index (χ0n) is 35.7. The Morgan fingerprint density at radius 3 is 1.67 bits per heavy atom. The maximum atomic E-state index is 2.69. The molecule has 0 radical (unpaired) electrons. The average Bonchev–Trinajstić information content (AvgIpc) is 3.48. The smallest absolute Gasteiger partial charge is 0.264 e. The third kappa shape index (κ3) is 5.72. The third-order valence-corrected chi connectivity index (χ3v) is 14.5. The second kappa shape index (κ2) is 11.9. The lowest BCUT2D eigenvalue weighted by Gasteiger charge is -2.46. The van der Waals surface area contributed by atoms with Crippen LogP contribution in [0.15, 0.2) is 72.8 Å². The van der Waals surface area contributed by atoms with Gasteiger partial charge in [-0.2, -0.15) is 11.3 Å². The summed E-state index contributed by atoms with van der Waals surface area (Å²) >= 11 is 2.12. The Labute approximate surface area is 331 Å². The molecule has 3 aliphatic rings. The van der Waals surface area contributed by atoms with Crippen LogP contribution in [0.1, 0.15) is 141 Å². The molecule has 1 aliphatic carbocycles. The van der Waals surface area contributed by atoms with E-state index in [0.717, 1.165) is 0 Å². The summed E-state index contributed by atoms with van der Waals surface area (Å²) in [5.74, 6) is 0. The third-order valence-electron chi connectivity index (χ3n) is 12.9. The first-order valence-electron chi connectivity index (χ1n) is 20.3. The second-order valence-electron chi connectivity index (χ2n) is 21.2. The monoisotopic (exact) mass is 732 g/mol. The van der Waals surface area contributed by atoms with Gasteiger partial charge in [0.25, 0.3) is 6.71 Å². The normalized spacial score (nSPS) is 17.2. The van der Waals surface area contributed by atoms with Crippen LogP contribution in [0.5, 0.6) is 0 Å². The molecular weight excluding hydrogens is 671 g/mol. The van der Waals surface area contributed by atoms with E-state index in [1.54, 1.807) is 10.4 Å². The Kier molecular flexibility index (Phi) is 8.18. The number of anilines is 6. The zero-order chi connectivity index (χ0) is 39.1. The highest BCUT2D eigenvalue weighted by Gasteiger charge is 2.51. The van der Waals surface area contributed by atoms with Gasteiger partial charge in [0, 0.05) is 38.1 Å². The van der Waals surface area contributed by atoms with E-state index in [9.17, 15) is 0 Å². The summed E-state index contributed by atoms with van der Waals surface area (Å²) in [4.78, 5) is 6.88. The van der Waals surface area contributed by atoms with Gasteiger partial charge < -0.3 is 9.80 Å². The van der Waals surface area contributed by atoms with Gasteiger partial charge in [-0.25, -0.2) is 0 Å². The molecule has 0 saturated carbocycles. The number of aryl methyl sites for hydroxylation is 2. The Balaban J connectivity index is 1.50. The van der Waals surface area contributed by atoms with Crippen molar-refractivity contribution in [3.63, 3.8) is 0 Å². The molecule has 4 heteroatoms. The van der Waals surface area contributed by atoms with Gasteiger partial charge >= 0.3 is 0 Å². The molecular formula is C50H61BN2S. The molecule has 0 spiro atoms. The van der Waals surface area contributed by atoms with E-state index in [1.807, 2.05) is 0 Å². The predicted molar refractivity (Wildman–Crippen MR) is 239 cm³/mol. The van der Waals surface area contributed by atoms with E-state index in [1.165, 1.54) is 90.5 Å². The lowest BCUT2D eigenvalue weighted by molar-refractivity contribution is 0.339. The molecule has 0 fully saturated rings. The quantitative estimate of drug-likeness (QED) is 0.163. The molecule has 0 amide bonds. The zero-order valence-corrected chi connectivity index (χ0v) is 36.5. The van der Waals surface area contributed by atoms with E-state index >= 15 is 0 Å². The van der Waals surface area contributed by atoms with E-state index in [2.05, 4.69) is 198 Å². The SMILES string of the molecule is Cc1cc2c3c(c1)N(c1ccc(C(C)(C)C)cc1)c1c(sc4c1C(C)(C)CCC4(C)C)B3c1cc(C(C)(C)C)ccc1N2c1ccc(C(C)(C)C)cc1C. The van der Waals surface area contributed by atoms with Gasteiger partial charge in [0.05, 0.1) is 5.69 Å². The van der Waals surface area contributed by atoms with Crippen molar-refractivity contribution in [3.8, 4) is 0 Å². The molecule has 54 heavy (non-hydrogen) atoms. The molecule has 3 heterocycles. The molecule has 0 bridgehead atoms. The first-order valence-corrected chi connectivity index (χ1v) is 21.1. The molecule has 280 valence electrons. The van der Waals surface area contributed by atoms with Crippen molar-refractivity contribution >= 4 is 67.9 Å². The summed E-state index contributed by atoms with van der Waals surface area (Å²) in [6.07, 6.45) is 2.39. The Hall–Kier alpha value is -3.76. The molecule has 0 unspecified atom stereocenters. The lowest BCUT2D eigenvalue weighted by Crippen LogP contribution is -2.61.